The van der Waals surface area contributed by atoms with Gasteiger partial charge in [0.1, 0.15) is 5.78 Å². The smallest absolute Gasteiger partial charge is 0.343 e. The molecule has 0 spiro atoms. The fourth-order valence-corrected chi connectivity index (χ4v) is 7.82. The van der Waals surface area contributed by atoms with E-state index in [0.717, 1.165) is 36.1 Å². The number of benzene rings is 1. The zero-order valence-electron chi connectivity index (χ0n) is 20.1. The maximum atomic E-state index is 14.1. The van der Waals surface area contributed by atoms with Crippen LogP contribution in [0.3, 0.4) is 0 Å². The molecule has 1 aromatic heterocycles. The Labute approximate surface area is 208 Å². The Bertz CT molecular complexity index is 1180. The van der Waals surface area contributed by atoms with E-state index in [9.17, 15) is 18.8 Å². The highest BCUT2D eigenvalue weighted by Crippen LogP contribution is 2.62. The number of halogens is 1. The summed E-state index contributed by atoms with van der Waals surface area (Å²) >= 11 is 1.45. The minimum atomic E-state index is -2.01. The van der Waals surface area contributed by atoms with Gasteiger partial charge in [0.05, 0.1) is 0 Å². The zero-order valence-corrected chi connectivity index (χ0v) is 20.9. The van der Waals surface area contributed by atoms with Gasteiger partial charge in [-0.05, 0) is 79.4 Å². The molecule has 0 saturated heterocycles. The Kier molecular flexibility index (Phi) is 6.28. The third kappa shape index (κ3) is 4.30. The fourth-order valence-electron chi connectivity index (χ4n) is 7.14. The molecule has 0 radical (unpaired) electrons. The molecule has 3 aliphatic rings. The van der Waals surface area contributed by atoms with Crippen LogP contribution in [0.15, 0.2) is 24.4 Å². The number of hydrogen-bond donors (Lipinski definition) is 2. The first-order valence-corrected chi connectivity index (χ1v) is 13.2. The van der Waals surface area contributed by atoms with E-state index in [-0.39, 0.29) is 34.6 Å². The Morgan fingerprint density at radius 1 is 1.34 bits per heavy atom. The summed E-state index contributed by atoms with van der Waals surface area (Å²) in [5.74, 6) is -0.175. The normalized spacial score (nSPS) is 30.2. The minimum absolute atomic E-state index is 0.0616. The standard InChI is InChI=1S/C27H31FN2O4S/c1-14-13-29-26(35-14)30-22(32)8-5-16-12-21(31)27(2)10-9-19-18-6-4-17(24(28)25(33)34)11-15(18)3-7-20(19)23(16)27/h4,6,11,13,16,19-20,23-24H,3,5,7-10,12H2,1-2H3,(H,33,34)(H,29,30,32)/t16-,19?,20?,23?,24?,27-/m1/s1. The number of aliphatic carboxylic acids is 1. The summed E-state index contributed by atoms with van der Waals surface area (Å²) in [6, 6.07) is 5.24. The molecule has 6 atom stereocenters. The predicted octanol–water partition coefficient (Wildman–Crippen LogP) is 5.62. The maximum Gasteiger partial charge on any atom is 0.343 e. The lowest BCUT2D eigenvalue weighted by molar-refractivity contribution is -0.143. The average molecular weight is 499 g/mol. The second kappa shape index (κ2) is 9.12. The molecule has 0 aliphatic heterocycles. The molecule has 35 heavy (non-hydrogen) atoms. The van der Waals surface area contributed by atoms with E-state index in [1.165, 1.54) is 16.9 Å². The molecule has 2 saturated carbocycles. The summed E-state index contributed by atoms with van der Waals surface area (Å²) in [6.45, 7) is 4.07. The highest BCUT2D eigenvalue weighted by Gasteiger charge is 2.58. The van der Waals surface area contributed by atoms with E-state index >= 15 is 0 Å². The minimum Gasteiger partial charge on any atom is -0.479 e. The molecule has 4 unspecified atom stereocenters. The van der Waals surface area contributed by atoms with Gasteiger partial charge in [-0.15, -0.1) is 11.3 Å². The van der Waals surface area contributed by atoms with Gasteiger partial charge in [-0.25, -0.2) is 14.2 Å². The van der Waals surface area contributed by atoms with Crippen molar-refractivity contribution in [3.8, 4) is 0 Å². The van der Waals surface area contributed by atoms with Crippen LogP contribution in [0.2, 0.25) is 0 Å². The van der Waals surface area contributed by atoms with Crippen molar-refractivity contribution in [2.75, 3.05) is 5.32 Å². The SMILES string of the molecule is Cc1cnc(NC(=O)CC[C@@H]2CC(=O)[C@@]3(C)CCC4c5ccc(C(F)C(=O)O)cc5CCC4C23)s1. The molecule has 2 fully saturated rings. The molecule has 1 amide bonds. The predicted molar refractivity (Wildman–Crippen MR) is 131 cm³/mol. The summed E-state index contributed by atoms with van der Waals surface area (Å²) in [4.78, 5) is 42.1. The van der Waals surface area contributed by atoms with Crippen molar-refractivity contribution >= 4 is 34.1 Å². The van der Waals surface area contributed by atoms with Crippen LogP contribution in [-0.4, -0.2) is 27.8 Å². The van der Waals surface area contributed by atoms with E-state index < -0.39 is 12.1 Å². The Morgan fingerprint density at radius 2 is 2.14 bits per heavy atom. The van der Waals surface area contributed by atoms with Crippen molar-refractivity contribution in [1.82, 2.24) is 4.98 Å². The molecule has 186 valence electrons. The number of Topliss-reactive ketones (excluding diaryl/α,β-unsaturated/α-hetero) is 1. The second-order valence-corrected chi connectivity index (χ2v) is 11.9. The number of aryl methyl sites for hydroxylation is 2. The number of thiazole rings is 1. The van der Waals surface area contributed by atoms with Gasteiger partial charge < -0.3 is 10.4 Å². The number of rotatable bonds is 6. The molecule has 2 N–H and O–H groups in total. The molecule has 1 aromatic carbocycles. The Hall–Kier alpha value is -2.61. The number of amides is 1. The highest BCUT2D eigenvalue weighted by molar-refractivity contribution is 7.15. The van der Waals surface area contributed by atoms with E-state index in [4.69, 9.17) is 5.11 Å². The maximum absolute atomic E-state index is 14.1. The van der Waals surface area contributed by atoms with Crippen LogP contribution < -0.4 is 5.32 Å². The van der Waals surface area contributed by atoms with Gasteiger partial charge in [0.2, 0.25) is 12.1 Å². The van der Waals surface area contributed by atoms with Crippen molar-refractivity contribution < 1.29 is 23.9 Å². The van der Waals surface area contributed by atoms with Crippen LogP contribution in [-0.2, 0) is 20.8 Å². The summed E-state index contributed by atoms with van der Waals surface area (Å²) < 4.78 is 14.1. The van der Waals surface area contributed by atoms with Crippen LogP contribution in [0.1, 0.15) is 79.1 Å². The number of aromatic nitrogens is 1. The summed E-state index contributed by atoms with van der Waals surface area (Å²) in [7, 11) is 0. The van der Waals surface area contributed by atoms with Crippen LogP contribution >= 0.6 is 11.3 Å². The van der Waals surface area contributed by atoms with Crippen LogP contribution in [0, 0.1) is 30.1 Å². The number of hydrogen-bond acceptors (Lipinski definition) is 5. The van der Waals surface area contributed by atoms with Gasteiger partial charge in [0.15, 0.2) is 5.13 Å². The largest absolute Gasteiger partial charge is 0.479 e. The molecule has 0 bridgehead atoms. The first kappa shape index (κ1) is 24.1. The number of nitrogens with zero attached hydrogens (tertiary/aromatic N) is 1. The van der Waals surface area contributed by atoms with Crippen molar-refractivity contribution in [2.45, 2.75) is 70.9 Å². The van der Waals surface area contributed by atoms with Crippen LogP contribution in [0.4, 0.5) is 9.52 Å². The van der Waals surface area contributed by atoms with Gasteiger partial charge in [-0.3, -0.25) is 9.59 Å². The lowest BCUT2D eigenvalue weighted by atomic mass is 9.54. The zero-order chi connectivity index (χ0) is 24.9. The summed E-state index contributed by atoms with van der Waals surface area (Å²) in [5.41, 5.74) is 2.07. The van der Waals surface area contributed by atoms with Gasteiger partial charge in [-0.2, -0.15) is 0 Å². The molecule has 8 heteroatoms. The molecule has 6 nitrogen and oxygen atoms in total. The number of carbonyl (C=O) groups excluding carboxylic acids is 2. The fraction of sp³-hybridized carbons (Fsp3) is 0.556. The van der Waals surface area contributed by atoms with Crippen LogP contribution in [0.5, 0.6) is 0 Å². The van der Waals surface area contributed by atoms with Gasteiger partial charge in [0, 0.05) is 29.3 Å². The Balaban J connectivity index is 1.33. The summed E-state index contributed by atoms with van der Waals surface area (Å²) in [5, 5.41) is 12.5. The van der Waals surface area contributed by atoms with Crippen molar-refractivity contribution in [1.29, 1.82) is 0 Å². The van der Waals surface area contributed by atoms with Crippen molar-refractivity contribution in [3.63, 3.8) is 0 Å². The van der Waals surface area contributed by atoms with Gasteiger partial charge in [-0.1, -0.05) is 25.1 Å². The molecule has 2 aromatic rings. The number of anilines is 1. The molecular formula is C27H31FN2O4S. The number of carboxylic acids is 1. The first-order chi connectivity index (χ1) is 16.7. The van der Waals surface area contributed by atoms with Crippen LogP contribution in [0.25, 0.3) is 0 Å². The van der Waals surface area contributed by atoms with Crippen molar-refractivity contribution in [2.24, 2.45) is 23.2 Å². The van der Waals surface area contributed by atoms with E-state index in [0.29, 0.717) is 36.1 Å². The number of carboxylic acid groups (broad SMARTS) is 1. The van der Waals surface area contributed by atoms with E-state index in [1.54, 1.807) is 18.3 Å². The molecule has 1 heterocycles. The summed E-state index contributed by atoms with van der Waals surface area (Å²) in [6.07, 6.45) is 4.69. The first-order valence-electron chi connectivity index (χ1n) is 12.4. The average Bonchev–Trinajstić information content (AvgIpc) is 3.35. The molecule has 3 aliphatic carbocycles. The Morgan fingerprint density at radius 3 is 2.86 bits per heavy atom. The highest BCUT2D eigenvalue weighted by atomic mass is 32.1. The van der Waals surface area contributed by atoms with E-state index in [2.05, 4.69) is 17.2 Å². The number of nitrogens with one attached hydrogen (secondary N) is 1. The van der Waals surface area contributed by atoms with E-state index in [1.807, 2.05) is 13.0 Å². The number of fused-ring (bicyclic) bond motifs is 5. The number of carbonyl (C=O) groups is 3. The molecular weight excluding hydrogens is 467 g/mol. The third-order valence-corrected chi connectivity index (χ3v) is 9.54. The van der Waals surface area contributed by atoms with Crippen molar-refractivity contribution in [3.05, 3.63) is 46.0 Å². The lowest BCUT2D eigenvalue weighted by Crippen LogP contribution is -2.44. The second-order valence-electron chi connectivity index (χ2n) is 10.7. The number of ketones is 1. The lowest BCUT2D eigenvalue weighted by Gasteiger charge is -2.50. The number of alkyl halides is 1. The van der Waals surface area contributed by atoms with Gasteiger partial charge >= 0.3 is 5.97 Å². The van der Waals surface area contributed by atoms with Gasteiger partial charge in [0.25, 0.3) is 0 Å². The molecule has 5 rings (SSSR count). The quantitative estimate of drug-likeness (QED) is 0.539. The topological polar surface area (TPSA) is 96.4 Å². The monoisotopic (exact) mass is 498 g/mol. The third-order valence-electron chi connectivity index (χ3n) is 8.71.